The second-order valence-corrected chi connectivity index (χ2v) is 11.1. The monoisotopic (exact) mass is 528 g/mol. The third kappa shape index (κ3) is 4.36. The van der Waals surface area contributed by atoms with Gasteiger partial charge in [0, 0.05) is 43.7 Å². The van der Waals surface area contributed by atoms with Gasteiger partial charge in [-0.05, 0) is 60.9 Å². The number of methoxy groups -OCH3 is 1. The molecule has 2 aliphatic rings. The molecule has 0 bridgehead atoms. The average molecular weight is 529 g/mol. The van der Waals surface area contributed by atoms with Gasteiger partial charge < -0.3 is 19.3 Å². The van der Waals surface area contributed by atoms with E-state index in [4.69, 9.17) is 9.47 Å². The molecule has 0 saturated carbocycles. The lowest BCUT2D eigenvalue weighted by Gasteiger charge is -2.25. The quantitative estimate of drug-likeness (QED) is 0.367. The molecule has 1 unspecified atom stereocenters. The number of carbonyl (C=O) groups is 2. The molecular weight excluding hydrogens is 500 g/mol. The molecule has 2 aromatic carbocycles. The highest BCUT2D eigenvalue weighted by Gasteiger charge is 2.49. The number of carbonyl (C=O) groups excluding carboxylic acids is 2. The zero-order chi connectivity index (χ0) is 26.4. The lowest BCUT2D eigenvalue weighted by molar-refractivity contribution is -0.127. The van der Waals surface area contributed by atoms with Crippen molar-refractivity contribution < 1.29 is 19.1 Å². The minimum absolute atomic E-state index is 0.0252. The number of fused-ring (bicyclic) bond motifs is 3. The summed E-state index contributed by atoms with van der Waals surface area (Å²) in [5.41, 5.74) is 3.47. The highest BCUT2D eigenvalue weighted by molar-refractivity contribution is 7.18. The first-order valence-electron chi connectivity index (χ1n) is 12.6. The number of ether oxygens (including phenoxy) is 2. The zero-order valence-electron chi connectivity index (χ0n) is 21.6. The maximum absolute atomic E-state index is 13.7. The molecule has 6 rings (SSSR count). The van der Waals surface area contributed by atoms with Gasteiger partial charge in [-0.2, -0.15) is 0 Å². The Bertz CT molecular complexity index is 1570. The van der Waals surface area contributed by atoms with Crippen LogP contribution in [0.4, 0.5) is 5.69 Å². The number of rotatable bonds is 5. The summed E-state index contributed by atoms with van der Waals surface area (Å²) in [5.74, 6) is 2.04. The molecule has 9 heteroatoms. The van der Waals surface area contributed by atoms with Crippen LogP contribution in [-0.2, 0) is 21.4 Å². The van der Waals surface area contributed by atoms with Crippen LogP contribution in [0, 0.1) is 6.92 Å². The number of hydrogen-bond donors (Lipinski definition) is 0. The highest BCUT2D eigenvalue weighted by Crippen LogP contribution is 2.48. The van der Waals surface area contributed by atoms with Crippen LogP contribution < -0.4 is 14.4 Å². The van der Waals surface area contributed by atoms with Gasteiger partial charge in [-0.25, -0.2) is 9.97 Å². The number of benzene rings is 2. The van der Waals surface area contributed by atoms with Gasteiger partial charge in [-0.3, -0.25) is 9.59 Å². The van der Waals surface area contributed by atoms with Crippen molar-refractivity contribution in [3.05, 3.63) is 70.7 Å². The average Bonchev–Trinajstić information content (AvgIpc) is 3.59. The molecule has 0 radical (unpaired) electrons. The largest absolute Gasteiger partial charge is 0.481 e. The van der Waals surface area contributed by atoms with Crippen molar-refractivity contribution in [2.45, 2.75) is 32.1 Å². The topological polar surface area (TPSA) is 84.9 Å². The van der Waals surface area contributed by atoms with Gasteiger partial charge in [-0.15, -0.1) is 0 Å². The standard InChI is InChI=1S/C29H28N4O4S/c1-18-5-4-6-20(13-18)37-21-7-9-24-22(14-21)29(11-12-32(16-29)19(2)34)17-33(24)27(35)15-26-30-23-8-10-25(36-3)31-28(23)38-26/h4-10,13-14H,11-12,15-17H2,1-3H3. The fourth-order valence-electron chi connectivity index (χ4n) is 5.50. The molecule has 4 heterocycles. The SMILES string of the molecule is COc1ccc2nc(CC(=O)N3CC4(CCN(C(C)=O)C4)c4cc(Oc5cccc(C)c5)ccc43)sc2n1. The first kappa shape index (κ1) is 24.4. The number of pyridine rings is 1. The zero-order valence-corrected chi connectivity index (χ0v) is 22.4. The molecule has 2 aromatic heterocycles. The number of thiazole rings is 1. The molecule has 38 heavy (non-hydrogen) atoms. The van der Waals surface area contributed by atoms with E-state index in [9.17, 15) is 9.59 Å². The van der Waals surface area contributed by atoms with E-state index in [1.54, 1.807) is 20.1 Å². The van der Waals surface area contributed by atoms with Crippen LogP contribution in [0.25, 0.3) is 10.3 Å². The first-order valence-corrected chi connectivity index (χ1v) is 13.4. The number of hydrogen-bond acceptors (Lipinski definition) is 7. The minimum atomic E-state index is -0.328. The van der Waals surface area contributed by atoms with Gasteiger partial charge in [0.2, 0.25) is 17.7 Å². The van der Waals surface area contributed by atoms with Gasteiger partial charge in [0.15, 0.2) is 0 Å². The fraction of sp³-hybridized carbons (Fsp3) is 0.310. The molecule has 8 nitrogen and oxygen atoms in total. The Balaban J connectivity index is 1.31. The molecule has 1 fully saturated rings. The molecule has 1 atom stereocenters. The number of nitrogens with zero attached hydrogens (tertiary/aromatic N) is 4. The van der Waals surface area contributed by atoms with Gasteiger partial charge in [-0.1, -0.05) is 23.5 Å². The van der Waals surface area contributed by atoms with Crippen molar-refractivity contribution in [1.29, 1.82) is 0 Å². The van der Waals surface area contributed by atoms with Crippen molar-refractivity contribution in [2.24, 2.45) is 0 Å². The molecule has 2 aliphatic heterocycles. The van der Waals surface area contributed by atoms with Crippen LogP contribution in [0.2, 0.25) is 0 Å². The first-order chi connectivity index (χ1) is 18.3. The Kier molecular flexibility index (Phi) is 6.03. The summed E-state index contributed by atoms with van der Waals surface area (Å²) >= 11 is 1.41. The predicted octanol–water partition coefficient (Wildman–Crippen LogP) is 4.88. The number of aromatic nitrogens is 2. The number of amides is 2. The van der Waals surface area contributed by atoms with Crippen LogP contribution in [0.15, 0.2) is 54.6 Å². The van der Waals surface area contributed by atoms with Gasteiger partial charge in [0.25, 0.3) is 0 Å². The van der Waals surface area contributed by atoms with Crippen LogP contribution in [0.3, 0.4) is 0 Å². The Morgan fingerprint density at radius 3 is 2.66 bits per heavy atom. The molecule has 0 aliphatic carbocycles. The summed E-state index contributed by atoms with van der Waals surface area (Å²) in [6.07, 6.45) is 0.971. The van der Waals surface area contributed by atoms with Gasteiger partial charge in [0.1, 0.15) is 26.9 Å². The minimum Gasteiger partial charge on any atom is -0.481 e. The molecule has 1 saturated heterocycles. The lowest BCUT2D eigenvalue weighted by Crippen LogP contribution is -2.40. The van der Waals surface area contributed by atoms with E-state index in [1.807, 2.05) is 65.3 Å². The smallest absolute Gasteiger partial charge is 0.233 e. The summed E-state index contributed by atoms with van der Waals surface area (Å²) in [5, 5.41) is 0.712. The van der Waals surface area contributed by atoms with E-state index in [-0.39, 0.29) is 23.7 Å². The molecule has 2 amide bonds. The molecule has 1 spiro atoms. The van der Waals surface area contributed by atoms with Gasteiger partial charge >= 0.3 is 0 Å². The number of aryl methyl sites for hydroxylation is 1. The van der Waals surface area contributed by atoms with Crippen LogP contribution in [0.1, 0.15) is 29.5 Å². The van der Waals surface area contributed by atoms with Crippen molar-refractivity contribution in [3.63, 3.8) is 0 Å². The summed E-state index contributed by atoms with van der Waals surface area (Å²) in [6.45, 7) is 5.41. The van der Waals surface area contributed by atoms with Crippen molar-refractivity contribution in [1.82, 2.24) is 14.9 Å². The summed E-state index contributed by atoms with van der Waals surface area (Å²) < 4.78 is 11.4. The Morgan fingerprint density at radius 2 is 1.89 bits per heavy atom. The number of anilines is 1. The highest BCUT2D eigenvalue weighted by atomic mass is 32.1. The second-order valence-electron chi connectivity index (χ2n) is 10.0. The molecular formula is C29H28N4O4S. The Labute approximate surface area is 224 Å². The predicted molar refractivity (Wildman–Crippen MR) is 146 cm³/mol. The summed E-state index contributed by atoms with van der Waals surface area (Å²) in [7, 11) is 1.58. The lowest BCUT2D eigenvalue weighted by atomic mass is 9.81. The molecule has 4 aromatic rings. The number of likely N-dealkylation sites (tertiary alicyclic amines) is 1. The summed E-state index contributed by atoms with van der Waals surface area (Å²) in [4.78, 5) is 39.5. The summed E-state index contributed by atoms with van der Waals surface area (Å²) in [6, 6.07) is 17.5. The van der Waals surface area contributed by atoms with Crippen molar-refractivity contribution >= 4 is 39.2 Å². The van der Waals surface area contributed by atoms with E-state index in [1.165, 1.54) is 11.3 Å². The van der Waals surface area contributed by atoms with Gasteiger partial charge in [0.05, 0.1) is 13.5 Å². The fourth-order valence-corrected chi connectivity index (χ4v) is 6.42. The van der Waals surface area contributed by atoms with E-state index < -0.39 is 0 Å². The van der Waals surface area contributed by atoms with Crippen LogP contribution in [0.5, 0.6) is 17.4 Å². The maximum atomic E-state index is 13.7. The maximum Gasteiger partial charge on any atom is 0.233 e. The van der Waals surface area contributed by atoms with Crippen LogP contribution >= 0.6 is 11.3 Å². The van der Waals surface area contributed by atoms with Crippen molar-refractivity contribution in [3.8, 4) is 17.4 Å². The van der Waals surface area contributed by atoms with E-state index >= 15 is 0 Å². The Hall–Kier alpha value is -3.98. The molecule has 0 N–H and O–H groups in total. The molecule has 194 valence electrons. The normalized spacial score (nSPS) is 18.3. The van der Waals surface area contributed by atoms with E-state index in [0.29, 0.717) is 30.5 Å². The second kappa shape index (κ2) is 9.40. The van der Waals surface area contributed by atoms with Crippen molar-refractivity contribution in [2.75, 3.05) is 31.6 Å². The van der Waals surface area contributed by atoms with E-state index in [2.05, 4.69) is 9.97 Å². The Morgan fingerprint density at radius 1 is 1.05 bits per heavy atom. The van der Waals surface area contributed by atoms with Crippen LogP contribution in [-0.4, -0.2) is 53.4 Å². The third-order valence-electron chi connectivity index (χ3n) is 7.40. The third-order valence-corrected chi connectivity index (χ3v) is 8.37. The van der Waals surface area contributed by atoms with E-state index in [0.717, 1.165) is 45.1 Å².